The van der Waals surface area contributed by atoms with Crippen LogP contribution in [0.5, 0.6) is 0 Å². The molecule has 1 fully saturated rings. The number of aliphatic hydroxyl groups excluding tert-OH is 1. The van der Waals surface area contributed by atoms with Crippen LogP contribution in [0.15, 0.2) is 0 Å². The molecule has 4 heteroatoms. The zero-order valence-electron chi connectivity index (χ0n) is 10.9. The maximum Gasteiger partial charge on any atom is 0.0701 e. The van der Waals surface area contributed by atoms with Gasteiger partial charge in [-0.2, -0.15) is 0 Å². The highest BCUT2D eigenvalue weighted by Crippen LogP contribution is 2.26. The summed E-state index contributed by atoms with van der Waals surface area (Å²) >= 11 is 0. The van der Waals surface area contributed by atoms with E-state index in [2.05, 4.69) is 0 Å². The molecule has 0 aliphatic heterocycles. The van der Waals surface area contributed by atoms with Crippen LogP contribution in [0.1, 0.15) is 32.1 Å². The van der Waals surface area contributed by atoms with Crippen LogP contribution in [0.4, 0.5) is 0 Å². The van der Waals surface area contributed by atoms with Gasteiger partial charge in [-0.3, -0.25) is 0 Å². The second-order valence-electron chi connectivity index (χ2n) is 4.62. The van der Waals surface area contributed by atoms with Gasteiger partial charge in [-0.25, -0.2) is 0 Å². The third-order valence-corrected chi connectivity index (χ3v) is 3.31. The lowest BCUT2D eigenvalue weighted by Crippen LogP contribution is -2.25. The molecule has 0 heterocycles. The van der Waals surface area contributed by atoms with Crippen LogP contribution < -0.4 is 0 Å². The van der Waals surface area contributed by atoms with Gasteiger partial charge in [0.2, 0.25) is 0 Å². The smallest absolute Gasteiger partial charge is 0.0701 e. The Kier molecular flexibility index (Phi) is 8.61. The van der Waals surface area contributed by atoms with Crippen LogP contribution in [0, 0.1) is 5.92 Å². The average molecular weight is 246 g/mol. The predicted octanol–water partition coefficient (Wildman–Crippen LogP) is 1.61. The summed E-state index contributed by atoms with van der Waals surface area (Å²) < 4.78 is 15.6. The molecule has 0 aromatic carbocycles. The fraction of sp³-hybridized carbons (Fsp3) is 1.00. The average Bonchev–Trinajstić information content (AvgIpc) is 2.35. The Bertz CT molecular complexity index is 175. The van der Waals surface area contributed by atoms with Gasteiger partial charge >= 0.3 is 0 Å². The molecule has 17 heavy (non-hydrogen) atoms. The van der Waals surface area contributed by atoms with Crippen LogP contribution in [0.3, 0.4) is 0 Å². The van der Waals surface area contributed by atoms with E-state index in [4.69, 9.17) is 14.2 Å². The lowest BCUT2D eigenvalue weighted by Gasteiger charge is -2.27. The van der Waals surface area contributed by atoms with E-state index in [0.717, 1.165) is 25.9 Å². The molecular formula is C13H26O4. The molecule has 4 nitrogen and oxygen atoms in total. The van der Waals surface area contributed by atoms with Gasteiger partial charge in [0.05, 0.1) is 32.5 Å². The van der Waals surface area contributed by atoms with Crippen molar-refractivity contribution < 1.29 is 19.3 Å². The largest absolute Gasteiger partial charge is 0.393 e. The van der Waals surface area contributed by atoms with Gasteiger partial charge in [-0.05, 0) is 25.2 Å². The van der Waals surface area contributed by atoms with Gasteiger partial charge < -0.3 is 19.3 Å². The second kappa shape index (κ2) is 9.83. The van der Waals surface area contributed by atoms with Gasteiger partial charge in [0.25, 0.3) is 0 Å². The SMILES string of the molecule is COCCOCCOCCC1CCCCC1O. The van der Waals surface area contributed by atoms with Gasteiger partial charge in [-0.15, -0.1) is 0 Å². The lowest BCUT2D eigenvalue weighted by atomic mass is 9.85. The Morgan fingerprint density at radius 1 is 0.941 bits per heavy atom. The van der Waals surface area contributed by atoms with Gasteiger partial charge in [0.15, 0.2) is 0 Å². The minimum Gasteiger partial charge on any atom is -0.393 e. The first-order valence-electron chi connectivity index (χ1n) is 6.67. The van der Waals surface area contributed by atoms with E-state index in [1.165, 1.54) is 12.8 Å². The molecule has 0 spiro atoms. The maximum atomic E-state index is 9.77. The van der Waals surface area contributed by atoms with E-state index in [1.54, 1.807) is 7.11 Å². The Hall–Kier alpha value is -0.160. The number of hydrogen-bond acceptors (Lipinski definition) is 4. The molecule has 0 radical (unpaired) electrons. The van der Waals surface area contributed by atoms with E-state index >= 15 is 0 Å². The maximum absolute atomic E-state index is 9.77. The normalized spacial score (nSPS) is 25.1. The molecule has 1 aliphatic rings. The van der Waals surface area contributed by atoms with E-state index in [0.29, 0.717) is 32.3 Å². The third kappa shape index (κ3) is 6.99. The van der Waals surface area contributed by atoms with Crippen LogP contribution in [-0.2, 0) is 14.2 Å². The van der Waals surface area contributed by atoms with Crippen LogP contribution in [0.25, 0.3) is 0 Å². The summed E-state index contributed by atoms with van der Waals surface area (Å²) in [5.41, 5.74) is 0. The highest BCUT2D eigenvalue weighted by molar-refractivity contribution is 4.73. The van der Waals surface area contributed by atoms with E-state index in [1.807, 2.05) is 0 Å². The Morgan fingerprint density at radius 2 is 1.59 bits per heavy atom. The summed E-state index contributed by atoms with van der Waals surface area (Å²) in [5, 5.41) is 9.77. The van der Waals surface area contributed by atoms with Crippen LogP contribution in [-0.4, -0.2) is 51.4 Å². The van der Waals surface area contributed by atoms with Crippen LogP contribution in [0.2, 0.25) is 0 Å². The molecule has 0 saturated heterocycles. The van der Waals surface area contributed by atoms with E-state index < -0.39 is 0 Å². The fourth-order valence-corrected chi connectivity index (χ4v) is 2.22. The summed E-state index contributed by atoms with van der Waals surface area (Å²) in [6.45, 7) is 3.24. The first-order chi connectivity index (χ1) is 8.34. The number of ether oxygens (including phenoxy) is 3. The molecule has 0 aromatic heterocycles. The summed E-state index contributed by atoms with van der Waals surface area (Å²) in [4.78, 5) is 0. The Morgan fingerprint density at radius 3 is 2.29 bits per heavy atom. The predicted molar refractivity (Wildman–Crippen MR) is 66.1 cm³/mol. The summed E-state index contributed by atoms with van der Waals surface area (Å²) in [6, 6.07) is 0. The highest BCUT2D eigenvalue weighted by Gasteiger charge is 2.22. The van der Waals surface area contributed by atoms with Crippen LogP contribution >= 0.6 is 0 Å². The van der Waals surface area contributed by atoms with Crippen molar-refractivity contribution in [2.24, 2.45) is 5.92 Å². The number of aliphatic hydroxyl groups is 1. The van der Waals surface area contributed by atoms with Gasteiger partial charge in [0.1, 0.15) is 0 Å². The van der Waals surface area contributed by atoms with E-state index in [-0.39, 0.29) is 6.10 Å². The Labute approximate surface area is 104 Å². The molecule has 102 valence electrons. The molecule has 2 atom stereocenters. The molecule has 1 N–H and O–H groups in total. The van der Waals surface area contributed by atoms with E-state index in [9.17, 15) is 5.11 Å². The topological polar surface area (TPSA) is 47.9 Å². The monoisotopic (exact) mass is 246 g/mol. The number of rotatable bonds is 9. The van der Waals surface area contributed by atoms with Gasteiger partial charge in [-0.1, -0.05) is 12.8 Å². The molecule has 1 rings (SSSR count). The standard InChI is InChI=1S/C13H26O4/c1-15-8-9-17-11-10-16-7-6-12-4-2-3-5-13(12)14/h12-14H,2-11H2,1H3. The summed E-state index contributed by atoms with van der Waals surface area (Å²) in [6.07, 6.45) is 5.40. The second-order valence-corrected chi connectivity index (χ2v) is 4.62. The lowest BCUT2D eigenvalue weighted by molar-refractivity contribution is 0.00854. The number of methoxy groups -OCH3 is 1. The van der Waals surface area contributed by atoms with Crippen molar-refractivity contribution in [3.63, 3.8) is 0 Å². The van der Waals surface area contributed by atoms with Gasteiger partial charge in [0, 0.05) is 13.7 Å². The van der Waals surface area contributed by atoms with Crippen molar-refractivity contribution in [2.75, 3.05) is 40.1 Å². The minimum atomic E-state index is -0.106. The van der Waals surface area contributed by atoms with Crippen molar-refractivity contribution in [2.45, 2.75) is 38.2 Å². The first kappa shape index (κ1) is 14.9. The van der Waals surface area contributed by atoms with Crippen molar-refractivity contribution in [3.8, 4) is 0 Å². The highest BCUT2D eigenvalue weighted by atomic mass is 16.5. The third-order valence-electron chi connectivity index (χ3n) is 3.31. The summed E-state index contributed by atoms with van der Waals surface area (Å²) in [5.74, 6) is 0.443. The molecule has 1 saturated carbocycles. The number of hydrogen-bond donors (Lipinski definition) is 1. The molecule has 0 aromatic rings. The van der Waals surface area contributed by atoms with Crippen molar-refractivity contribution in [1.29, 1.82) is 0 Å². The fourth-order valence-electron chi connectivity index (χ4n) is 2.22. The first-order valence-corrected chi connectivity index (χ1v) is 6.67. The molecule has 0 amide bonds. The van der Waals surface area contributed by atoms with Crippen molar-refractivity contribution in [1.82, 2.24) is 0 Å². The summed E-state index contributed by atoms with van der Waals surface area (Å²) in [7, 11) is 1.66. The quantitative estimate of drug-likeness (QED) is 0.628. The van der Waals surface area contributed by atoms with Crippen molar-refractivity contribution >= 4 is 0 Å². The molecular weight excluding hydrogens is 220 g/mol. The zero-order valence-corrected chi connectivity index (χ0v) is 10.9. The molecule has 2 unspecified atom stereocenters. The molecule has 1 aliphatic carbocycles. The minimum absolute atomic E-state index is 0.106. The zero-order chi connectivity index (χ0) is 12.3. The molecule has 0 bridgehead atoms. The van der Waals surface area contributed by atoms with Crippen molar-refractivity contribution in [3.05, 3.63) is 0 Å². The Balaban J connectivity index is 1.86.